The summed E-state index contributed by atoms with van der Waals surface area (Å²) in [6.07, 6.45) is 7.51. The molecule has 1 amide bonds. The van der Waals surface area contributed by atoms with Crippen LogP contribution in [0.3, 0.4) is 0 Å². The molecular formula is C23H32N4O2. The Morgan fingerprint density at radius 1 is 1.14 bits per heavy atom. The normalized spacial score (nSPS) is 24.1. The molecule has 156 valence electrons. The van der Waals surface area contributed by atoms with Gasteiger partial charge in [-0.2, -0.15) is 5.10 Å². The van der Waals surface area contributed by atoms with Gasteiger partial charge in [-0.25, -0.2) is 0 Å². The molecule has 2 aliphatic heterocycles. The Morgan fingerprint density at radius 3 is 2.83 bits per heavy atom. The molecule has 2 atom stereocenters. The lowest BCUT2D eigenvalue weighted by Crippen LogP contribution is -2.52. The minimum Gasteiger partial charge on any atom is -0.483 e. The number of nitrogens with zero attached hydrogens (tertiary/aromatic N) is 4. The number of likely N-dealkylation sites (tertiary alicyclic amines) is 1. The Kier molecular flexibility index (Phi) is 6.19. The zero-order chi connectivity index (χ0) is 20.2. The van der Waals surface area contributed by atoms with Crippen molar-refractivity contribution in [3.8, 4) is 5.75 Å². The molecule has 3 heterocycles. The van der Waals surface area contributed by atoms with Crippen molar-refractivity contribution in [1.29, 1.82) is 0 Å². The Hall–Kier alpha value is -2.34. The number of piperidine rings is 1. The molecule has 0 N–H and O–H groups in total. The summed E-state index contributed by atoms with van der Waals surface area (Å²) in [5, 5.41) is 4.53. The van der Waals surface area contributed by atoms with Gasteiger partial charge in [0, 0.05) is 46.0 Å². The maximum absolute atomic E-state index is 12.8. The van der Waals surface area contributed by atoms with E-state index in [0.29, 0.717) is 12.0 Å². The van der Waals surface area contributed by atoms with Gasteiger partial charge in [0.2, 0.25) is 0 Å². The minimum absolute atomic E-state index is 0.0774. The van der Waals surface area contributed by atoms with Gasteiger partial charge in [0.15, 0.2) is 6.61 Å². The summed E-state index contributed by atoms with van der Waals surface area (Å²) in [7, 11) is 3.92. The molecule has 1 fully saturated rings. The largest absolute Gasteiger partial charge is 0.483 e. The number of amides is 1. The topological polar surface area (TPSA) is 50.6 Å². The number of hydrogen-bond acceptors (Lipinski definition) is 4. The molecule has 4 rings (SSSR count). The number of fused-ring (bicyclic) bond motifs is 2. The molecule has 29 heavy (non-hydrogen) atoms. The van der Waals surface area contributed by atoms with Gasteiger partial charge in [0.25, 0.3) is 5.91 Å². The van der Waals surface area contributed by atoms with Crippen LogP contribution in [0.15, 0.2) is 36.5 Å². The molecule has 1 aromatic carbocycles. The van der Waals surface area contributed by atoms with Gasteiger partial charge in [0.05, 0.1) is 5.69 Å². The standard InChI is InChI=1S/C23H32N4O2/c1-25-13-11-20(24-25)16-27-14-12-21-19(15-27)9-4-3-7-18-8-5-6-10-22(18)29-17-23(28)26(21)2/h5-6,8,10-11,13,19,21H,3-4,7,9,12,14-17H2,1-2H3/t19-,21+/m0/s1. The minimum atomic E-state index is 0.0774. The number of likely N-dealkylation sites (N-methyl/N-ethyl adjacent to an activating group) is 1. The second-order valence-corrected chi connectivity index (χ2v) is 8.48. The molecule has 0 unspecified atom stereocenters. The van der Waals surface area contributed by atoms with Crippen LogP contribution in [0.1, 0.15) is 36.9 Å². The van der Waals surface area contributed by atoms with Gasteiger partial charge in [-0.05, 0) is 49.3 Å². The third kappa shape index (κ3) is 4.81. The monoisotopic (exact) mass is 396 g/mol. The number of para-hydroxylation sites is 1. The molecule has 1 saturated heterocycles. The van der Waals surface area contributed by atoms with Crippen LogP contribution in [-0.4, -0.2) is 58.3 Å². The second-order valence-electron chi connectivity index (χ2n) is 8.48. The van der Waals surface area contributed by atoms with Crippen molar-refractivity contribution in [3.63, 3.8) is 0 Å². The van der Waals surface area contributed by atoms with E-state index in [1.165, 1.54) is 12.0 Å². The van der Waals surface area contributed by atoms with E-state index < -0.39 is 0 Å². The second kappa shape index (κ2) is 8.99. The van der Waals surface area contributed by atoms with Crippen LogP contribution in [0.5, 0.6) is 5.75 Å². The van der Waals surface area contributed by atoms with Gasteiger partial charge >= 0.3 is 0 Å². The molecule has 6 heteroatoms. The van der Waals surface area contributed by atoms with Gasteiger partial charge in [0.1, 0.15) is 5.75 Å². The number of rotatable bonds is 2. The Bertz CT molecular complexity index is 834. The first-order chi connectivity index (χ1) is 14.1. The van der Waals surface area contributed by atoms with E-state index in [0.717, 1.165) is 56.8 Å². The summed E-state index contributed by atoms with van der Waals surface area (Å²) in [6, 6.07) is 10.5. The third-order valence-electron chi connectivity index (χ3n) is 6.42. The zero-order valence-electron chi connectivity index (χ0n) is 17.6. The van der Waals surface area contributed by atoms with Crippen molar-refractivity contribution in [3.05, 3.63) is 47.8 Å². The van der Waals surface area contributed by atoms with Crippen molar-refractivity contribution in [2.24, 2.45) is 13.0 Å². The predicted molar refractivity (Wildman–Crippen MR) is 113 cm³/mol. The van der Waals surface area contributed by atoms with Crippen molar-refractivity contribution >= 4 is 5.91 Å². The number of hydrogen-bond donors (Lipinski definition) is 0. The average Bonchev–Trinajstić information content (AvgIpc) is 3.13. The molecule has 0 bridgehead atoms. The zero-order valence-corrected chi connectivity index (χ0v) is 17.6. The van der Waals surface area contributed by atoms with Crippen LogP contribution in [-0.2, 0) is 24.8 Å². The first kappa shape index (κ1) is 20.0. The van der Waals surface area contributed by atoms with Crippen LogP contribution >= 0.6 is 0 Å². The van der Waals surface area contributed by atoms with E-state index in [-0.39, 0.29) is 12.5 Å². The van der Waals surface area contributed by atoms with E-state index in [9.17, 15) is 4.79 Å². The average molecular weight is 397 g/mol. The Labute approximate surface area is 173 Å². The van der Waals surface area contributed by atoms with Crippen LogP contribution in [0.4, 0.5) is 0 Å². The van der Waals surface area contributed by atoms with Crippen LogP contribution in [0.25, 0.3) is 0 Å². The SMILES string of the molecule is CN1C(=O)COc2ccccc2CCCC[C@H]2CN(Cc3ccn(C)n3)CC[C@H]21. The van der Waals surface area contributed by atoms with Crippen molar-refractivity contribution in [1.82, 2.24) is 19.6 Å². The number of benzene rings is 1. The van der Waals surface area contributed by atoms with Gasteiger partial charge in [-0.1, -0.05) is 24.6 Å². The summed E-state index contributed by atoms with van der Waals surface area (Å²) < 4.78 is 7.78. The Morgan fingerprint density at radius 2 is 2.00 bits per heavy atom. The number of aromatic nitrogens is 2. The summed E-state index contributed by atoms with van der Waals surface area (Å²) in [5.41, 5.74) is 2.33. The summed E-state index contributed by atoms with van der Waals surface area (Å²) in [6.45, 7) is 3.03. The van der Waals surface area contributed by atoms with Gasteiger partial charge in [-0.3, -0.25) is 14.4 Å². The number of carbonyl (C=O) groups excluding carboxylic acids is 1. The van der Waals surface area contributed by atoms with Gasteiger partial charge < -0.3 is 9.64 Å². The molecule has 0 aliphatic carbocycles. The smallest absolute Gasteiger partial charge is 0.260 e. The number of ether oxygens (including phenoxy) is 1. The molecule has 6 nitrogen and oxygen atoms in total. The molecule has 0 saturated carbocycles. The first-order valence-electron chi connectivity index (χ1n) is 10.8. The number of aryl methyl sites for hydroxylation is 2. The molecule has 0 spiro atoms. The van der Waals surface area contributed by atoms with E-state index >= 15 is 0 Å². The van der Waals surface area contributed by atoms with Gasteiger partial charge in [-0.15, -0.1) is 0 Å². The predicted octanol–water partition coefficient (Wildman–Crippen LogP) is 2.87. The Balaban J connectivity index is 1.46. The fourth-order valence-corrected chi connectivity index (χ4v) is 4.81. The molecular weight excluding hydrogens is 364 g/mol. The highest BCUT2D eigenvalue weighted by Crippen LogP contribution is 2.29. The van der Waals surface area contributed by atoms with Crippen molar-refractivity contribution in [2.75, 3.05) is 26.7 Å². The highest BCUT2D eigenvalue weighted by Gasteiger charge is 2.34. The summed E-state index contributed by atoms with van der Waals surface area (Å²) >= 11 is 0. The third-order valence-corrected chi connectivity index (χ3v) is 6.42. The molecule has 1 aromatic heterocycles. The van der Waals surface area contributed by atoms with Crippen molar-refractivity contribution < 1.29 is 9.53 Å². The number of carbonyl (C=O) groups is 1. The fourth-order valence-electron chi connectivity index (χ4n) is 4.81. The molecule has 0 radical (unpaired) electrons. The van der Waals surface area contributed by atoms with Crippen LogP contribution in [0, 0.1) is 5.92 Å². The van der Waals surface area contributed by atoms with Crippen LogP contribution in [0.2, 0.25) is 0 Å². The summed E-state index contributed by atoms with van der Waals surface area (Å²) in [4.78, 5) is 17.3. The van der Waals surface area contributed by atoms with Crippen molar-refractivity contribution in [2.45, 2.75) is 44.7 Å². The fraction of sp³-hybridized carbons (Fsp3) is 0.565. The quantitative estimate of drug-likeness (QED) is 0.783. The van der Waals surface area contributed by atoms with E-state index in [1.54, 1.807) is 0 Å². The van der Waals surface area contributed by atoms with Crippen LogP contribution < -0.4 is 4.74 Å². The lowest BCUT2D eigenvalue weighted by Gasteiger charge is -2.43. The summed E-state index contributed by atoms with van der Waals surface area (Å²) in [5.74, 6) is 1.43. The highest BCUT2D eigenvalue weighted by atomic mass is 16.5. The maximum atomic E-state index is 12.8. The highest BCUT2D eigenvalue weighted by molar-refractivity contribution is 5.78. The lowest BCUT2D eigenvalue weighted by molar-refractivity contribution is -0.136. The van der Waals surface area contributed by atoms with E-state index in [4.69, 9.17) is 4.74 Å². The first-order valence-corrected chi connectivity index (χ1v) is 10.8. The van der Waals surface area contributed by atoms with E-state index in [1.807, 2.05) is 42.0 Å². The molecule has 2 aromatic rings. The van der Waals surface area contributed by atoms with E-state index in [2.05, 4.69) is 28.2 Å². The lowest BCUT2D eigenvalue weighted by atomic mass is 9.86. The molecule has 2 aliphatic rings. The maximum Gasteiger partial charge on any atom is 0.260 e.